The summed E-state index contributed by atoms with van der Waals surface area (Å²) < 4.78 is 4.78. The number of esters is 1. The molecule has 0 bridgehead atoms. The molecule has 0 radical (unpaired) electrons. The summed E-state index contributed by atoms with van der Waals surface area (Å²) in [7, 11) is 0. The van der Waals surface area contributed by atoms with Gasteiger partial charge in [0.15, 0.2) is 6.61 Å². The molecular weight excluding hydrogens is 444 g/mol. The Balaban J connectivity index is 1.60. The van der Waals surface area contributed by atoms with Gasteiger partial charge in [-0.15, -0.1) is 0 Å². The number of carbonyl (C=O) groups is 4. The smallest absolute Gasteiger partial charge is 0.306 e. The summed E-state index contributed by atoms with van der Waals surface area (Å²) >= 11 is 5.73. The van der Waals surface area contributed by atoms with Gasteiger partial charge in [0.05, 0.1) is 4.92 Å². The fourth-order valence-electron chi connectivity index (χ4n) is 2.34. The molecule has 0 atom stereocenters. The molecule has 0 spiro atoms. The lowest BCUT2D eigenvalue weighted by Crippen LogP contribution is -2.43. The molecule has 0 unspecified atom stereocenters. The summed E-state index contributed by atoms with van der Waals surface area (Å²) in [6.07, 6.45) is 0.0834. The first-order valence-electron chi connectivity index (χ1n) is 9.29. The number of anilines is 1. The Morgan fingerprint density at radius 1 is 0.906 bits per heavy atom. The van der Waals surface area contributed by atoms with Crippen LogP contribution in [0.3, 0.4) is 0 Å². The van der Waals surface area contributed by atoms with E-state index < -0.39 is 29.3 Å². The van der Waals surface area contributed by atoms with Gasteiger partial charge >= 0.3 is 5.97 Å². The molecule has 0 saturated heterocycles. The molecule has 3 amide bonds. The van der Waals surface area contributed by atoms with Crippen LogP contribution < -0.4 is 16.2 Å². The number of nitrogens with zero attached hydrogens (tertiary/aromatic N) is 1. The molecule has 32 heavy (non-hydrogen) atoms. The van der Waals surface area contributed by atoms with Gasteiger partial charge in [0.2, 0.25) is 5.91 Å². The van der Waals surface area contributed by atoms with Crippen LogP contribution in [0, 0.1) is 10.1 Å². The first-order chi connectivity index (χ1) is 15.2. The maximum atomic E-state index is 11.9. The van der Waals surface area contributed by atoms with Gasteiger partial charge in [0, 0.05) is 41.2 Å². The lowest BCUT2D eigenvalue weighted by molar-refractivity contribution is -0.384. The lowest BCUT2D eigenvalue weighted by atomic mass is 10.2. The highest BCUT2D eigenvalue weighted by molar-refractivity contribution is 6.30. The molecule has 168 valence electrons. The summed E-state index contributed by atoms with van der Waals surface area (Å²) in [6, 6.07) is 11.3. The molecule has 0 aromatic heterocycles. The number of hydrogen-bond donors (Lipinski definition) is 3. The zero-order chi connectivity index (χ0) is 23.5. The van der Waals surface area contributed by atoms with Crippen molar-refractivity contribution in [1.82, 2.24) is 10.9 Å². The zero-order valence-electron chi connectivity index (χ0n) is 16.6. The van der Waals surface area contributed by atoms with Crippen molar-refractivity contribution in [2.24, 2.45) is 0 Å². The summed E-state index contributed by atoms with van der Waals surface area (Å²) in [4.78, 5) is 57.1. The molecule has 0 saturated carbocycles. The molecule has 11 nitrogen and oxygen atoms in total. The third kappa shape index (κ3) is 8.40. The van der Waals surface area contributed by atoms with Crippen LogP contribution in [0.2, 0.25) is 5.02 Å². The number of carbonyl (C=O) groups excluding carboxylic acids is 4. The van der Waals surface area contributed by atoms with Crippen molar-refractivity contribution in [1.29, 1.82) is 0 Å². The predicted molar refractivity (Wildman–Crippen MR) is 114 cm³/mol. The second-order valence-electron chi connectivity index (χ2n) is 6.38. The van der Waals surface area contributed by atoms with E-state index in [9.17, 15) is 29.3 Å². The first kappa shape index (κ1) is 24.3. The minimum absolute atomic E-state index is 0.00936. The Kier molecular flexibility index (Phi) is 9.11. The average molecular weight is 463 g/mol. The standard InChI is InChI=1S/C20H19ClN4O7/c21-14-6-4-13(5-7-14)20(29)24-23-18(27)12-32-19(28)3-1-2-17(26)22-15-8-10-16(11-9-15)25(30)31/h4-11H,1-3,12H2,(H,22,26)(H,23,27)(H,24,29). The quantitative estimate of drug-likeness (QED) is 0.293. The molecular formula is C20H19ClN4O7. The van der Waals surface area contributed by atoms with Crippen LogP contribution in [0.15, 0.2) is 48.5 Å². The van der Waals surface area contributed by atoms with Crippen LogP contribution in [-0.4, -0.2) is 35.2 Å². The number of ether oxygens (including phenoxy) is 1. The summed E-state index contributed by atoms with van der Waals surface area (Å²) in [5.41, 5.74) is 4.85. The number of nitro groups is 1. The number of hydrazine groups is 1. The number of nitrogens with one attached hydrogen (secondary N) is 3. The Morgan fingerprint density at radius 2 is 1.56 bits per heavy atom. The van der Waals surface area contributed by atoms with E-state index in [1.807, 2.05) is 0 Å². The van der Waals surface area contributed by atoms with E-state index in [2.05, 4.69) is 16.2 Å². The number of amides is 3. The van der Waals surface area contributed by atoms with Gasteiger partial charge in [0.25, 0.3) is 17.5 Å². The van der Waals surface area contributed by atoms with Crippen LogP contribution in [0.5, 0.6) is 0 Å². The molecule has 0 heterocycles. The average Bonchev–Trinajstić information content (AvgIpc) is 2.76. The van der Waals surface area contributed by atoms with Crippen molar-refractivity contribution in [2.45, 2.75) is 19.3 Å². The van der Waals surface area contributed by atoms with Gasteiger partial charge in [-0.2, -0.15) is 0 Å². The SMILES string of the molecule is O=C(COC(=O)CCCC(=O)Nc1ccc([N+](=O)[O-])cc1)NNC(=O)c1ccc(Cl)cc1. The van der Waals surface area contributed by atoms with E-state index in [1.54, 1.807) is 0 Å². The van der Waals surface area contributed by atoms with Crippen molar-refractivity contribution < 1.29 is 28.8 Å². The van der Waals surface area contributed by atoms with Crippen molar-refractivity contribution in [3.63, 3.8) is 0 Å². The van der Waals surface area contributed by atoms with Crippen LogP contribution in [0.1, 0.15) is 29.6 Å². The third-order valence-corrected chi connectivity index (χ3v) is 4.18. The van der Waals surface area contributed by atoms with Crippen LogP contribution >= 0.6 is 11.6 Å². The highest BCUT2D eigenvalue weighted by Crippen LogP contribution is 2.15. The van der Waals surface area contributed by atoms with Gasteiger partial charge in [0.1, 0.15) is 0 Å². The van der Waals surface area contributed by atoms with Crippen molar-refractivity contribution in [3.05, 3.63) is 69.2 Å². The number of nitro benzene ring substituents is 1. The molecule has 2 rings (SSSR count). The molecule has 0 aliphatic rings. The third-order valence-electron chi connectivity index (χ3n) is 3.93. The van der Waals surface area contributed by atoms with E-state index >= 15 is 0 Å². The normalized spacial score (nSPS) is 10.0. The van der Waals surface area contributed by atoms with E-state index in [1.165, 1.54) is 48.5 Å². The second kappa shape index (κ2) is 12.0. The molecule has 0 aliphatic heterocycles. The highest BCUT2D eigenvalue weighted by Gasteiger charge is 2.11. The highest BCUT2D eigenvalue weighted by atomic mass is 35.5. The van der Waals surface area contributed by atoms with Gasteiger partial charge in [-0.05, 0) is 42.8 Å². The number of hydrogen-bond acceptors (Lipinski definition) is 7. The minimum atomic E-state index is -0.739. The number of halogens is 1. The molecule has 2 aromatic rings. The van der Waals surface area contributed by atoms with Gasteiger partial charge in [-0.1, -0.05) is 11.6 Å². The van der Waals surface area contributed by atoms with Crippen molar-refractivity contribution in [2.75, 3.05) is 11.9 Å². The monoisotopic (exact) mass is 462 g/mol. The summed E-state index contributed by atoms with van der Waals surface area (Å²) in [5.74, 6) is -2.38. The van der Waals surface area contributed by atoms with Gasteiger partial charge in [-0.3, -0.25) is 40.1 Å². The number of rotatable bonds is 9. The molecule has 0 aliphatic carbocycles. The molecule has 3 N–H and O–H groups in total. The fraction of sp³-hybridized carbons (Fsp3) is 0.200. The summed E-state index contributed by atoms with van der Waals surface area (Å²) in [6.45, 7) is -0.602. The Hall–Kier alpha value is -3.99. The maximum absolute atomic E-state index is 11.9. The lowest BCUT2D eigenvalue weighted by Gasteiger charge is -2.08. The second-order valence-corrected chi connectivity index (χ2v) is 6.81. The van der Waals surface area contributed by atoms with Crippen LogP contribution in [0.25, 0.3) is 0 Å². The maximum Gasteiger partial charge on any atom is 0.306 e. The zero-order valence-corrected chi connectivity index (χ0v) is 17.4. The van der Waals surface area contributed by atoms with Crippen molar-refractivity contribution in [3.8, 4) is 0 Å². The van der Waals surface area contributed by atoms with Crippen molar-refractivity contribution >= 4 is 46.7 Å². The fourth-order valence-corrected chi connectivity index (χ4v) is 2.46. The first-order valence-corrected chi connectivity index (χ1v) is 9.67. The minimum Gasteiger partial charge on any atom is -0.455 e. The Morgan fingerprint density at radius 3 is 2.19 bits per heavy atom. The van der Waals surface area contributed by atoms with Crippen LogP contribution in [-0.2, 0) is 19.1 Å². The summed E-state index contributed by atoms with van der Waals surface area (Å²) in [5, 5.41) is 13.6. The topological polar surface area (TPSA) is 157 Å². The van der Waals surface area contributed by atoms with E-state index in [-0.39, 0.29) is 36.4 Å². The molecule has 12 heteroatoms. The Labute approximate surface area is 187 Å². The van der Waals surface area contributed by atoms with Gasteiger partial charge < -0.3 is 10.1 Å². The van der Waals surface area contributed by atoms with E-state index in [0.717, 1.165) is 0 Å². The largest absolute Gasteiger partial charge is 0.455 e. The van der Waals surface area contributed by atoms with E-state index in [4.69, 9.17) is 16.3 Å². The molecule has 2 aromatic carbocycles. The Bertz CT molecular complexity index is 994. The van der Waals surface area contributed by atoms with Crippen LogP contribution in [0.4, 0.5) is 11.4 Å². The number of benzene rings is 2. The predicted octanol–water partition coefficient (Wildman–Crippen LogP) is 2.36. The van der Waals surface area contributed by atoms with Gasteiger partial charge in [-0.25, -0.2) is 0 Å². The number of non-ortho nitro benzene ring substituents is 1. The van der Waals surface area contributed by atoms with E-state index in [0.29, 0.717) is 10.7 Å². The molecule has 0 fully saturated rings.